The van der Waals surface area contributed by atoms with Crippen LogP contribution in [0.3, 0.4) is 0 Å². The van der Waals surface area contributed by atoms with E-state index in [1.807, 2.05) is 32.0 Å². The van der Waals surface area contributed by atoms with Crippen LogP contribution in [0.2, 0.25) is 0 Å². The van der Waals surface area contributed by atoms with E-state index < -0.39 is 23.3 Å². The second kappa shape index (κ2) is 8.09. The molecule has 5 nitrogen and oxygen atoms in total. The molecule has 4 rings (SSSR count). The number of alkyl halides is 3. The Labute approximate surface area is 178 Å². The zero-order chi connectivity index (χ0) is 22.2. The maximum atomic E-state index is 13.9. The van der Waals surface area contributed by atoms with Crippen LogP contribution >= 0.6 is 0 Å². The van der Waals surface area contributed by atoms with E-state index in [0.29, 0.717) is 26.2 Å². The number of amides is 1. The molecule has 1 amide bonds. The van der Waals surface area contributed by atoms with Gasteiger partial charge in [-0.05, 0) is 43.7 Å². The smallest absolute Gasteiger partial charge is 0.368 e. The average molecular weight is 428 g/mol. The lowest BCUT2D eigenvalue weighted by molar-refractivity contribution is -0.143. The van der Waals surface area contributed by atoms with Gasteiger partial charge in [0.1, 0.15) is 0 Å². The quantitative estimate of drug-likeness (QED) is 0.618. The SMILES string of the molecule is Cc1ccc(-n2ncc(C(=O)N3CCN(c4cccc(C)c4)CC3)c2C(F)(F)F)cc1. The van der Waals surface area contributed by atoms with E-state index in [9.17, 15) is 18.0 Å². The summed E-state index contributed by atoms with van der Waals surface area (Å²) in [4.78, 5) is 16.6. The van der Waals surface area contributed by atoms with Gasteiger partial charge in [-0.3, -0.25) is 4.79 Å². The van der Waals surface area contributed by atoms with Crippen LogP contribution in [0.5, 0.6) is 0 Å². The van der Waals surface area contributed by atoms with Crippen LogP contribution in [-0.2, 0) is 6.18 Å². The number of hydrogen-bond acceptors (Lipinski definition) is 3. The fraction of sp³-hybridized carbons (Fsp3) is 0.304. The van der Waals surface area contributed by atoms with Crippen molar-refractivity contribution in [1.82, 2.24) is 14.7 Å². The summed E-state index contributed by atoms with van der Waals surface area (Å²) in [5, 5.41) is 3.91. The van der Waals surface area contributed by atoms with Crippen molar-refractivity contribution in [1.29, 1.82) is 0 Å². The number of carbonyl (C=O) groups excluding carboxylic acids is 1. The molecule has 31 heavy (non-hydrogen) atoms. The van der Waals surface area contributed by atoms with Gasteiger partial charge in [0.05, 0.1) is 17.4 Å². The summed E-state index contributed by atoms with van der Waals surface area (Å²) in [7, 11) is 0. The van der Waals surface area contributed by atoms with Gasteiger partial charge in [-0.15, -0.1) is 0 Å². The van der Waals surface area contributed by atoms with Crippen LogP contribution < -0.4 is 4.90 Å². The number of halogens is 3. The van der Waals surface area contributed by atoms with Crippen LogP contribution in [0.25, 0.3) is 5.69 Å². The Balaban J connectivity index is 1.57. The summed E-state index contributed by atoms with van der Waals surface area (Å²) in [6.07, 6.45) is -3.69. The van der Waals surface area contributed by atoms with Crippen molar-refractivity contribution in [3.8, 4) is 5.69 Å². The fourth-order valence-electron chi connectivity index (χ4n) is 3.82. The molecule has 2 heterocycles. The van der Waals surface area contributed by atoms with Crippen LogP contribution in [-0.4, -0.2) is 46.8 Å². The minimum atomic E-state index is -4.71. The predicted molar refractivity (Wildman–Crippen MR) is 113 cm³/mol. The number of benzene rings is 2. The molecule has 1 fully saturated rings. The molecule has 1 aromatic heterocycles. The number of aromatic nitrogens is 2. The molecule has 3 aromatic rings. The van der Waals surface area contributed by atoms with Crippen molar-refractivity contribution in [2.45, 2.75) is 20.0 Å². The highest BCUT2D eigenvalue weighted by atomic mass is 19.4. The summed E-state index contributed by atoms with van der Waals surface area (Å²) in [5.74, 6) is -0.644. The molecule has 2 aromatic carbocycles. The highest BCUT2D eigenvalue weighted by molar-refractivity contribution is 5.95. The first-order chi connectivity index (χ1) is 14.7. The summed E-state index contributed by atoms with van der Waals surface area (Å²) in [5.41, 5.74) is 1.91. The molecule has 0 aliphatic carbocycles. The average Bonchev–Trinajstić information content (AvgIpc) is 3.20. The van der Waals surface area contributed by atoms with Gasteiger partial charge in [-0.2, -0.15) is 18.3 Å². The third-order valence-corrected chi connectivity index (χ3v) is 5.48. The van der Waals surface area contributed by atoms with Crippen molar-refractivity contribution in [3.63, 3.8) is 0 Å². The first-order valence-corrected chi connectivity index (χ1v) is 10.1. The summed E-state index contributed by atoms with van der Waals surface area (Å²) in [6, 6.07) is 14.6. The highest BCUT2D eigenvalue weighted by Crippen LogP contribution is 2.34. The van der Waals surface area contributed by atoms with Crippen LogP contribution in [0.4, 0.5) is 18.9 Å². The molecule has 8 heteroatoms. The van der Waals surface area contributed by atoms with Crippen molar-refractivity contribution in [2.24, 2.45) is 0 Å². The lowest BCUT2D eigenvalue weighted by Gasteiger charge is -2.36. The van der Waals surface area contributed by atoms with E-state index in [-0.39, 0.29) is 5.69 Å². The van der Waals surface area contributed by atoms with Gasteiger partial charge in [0.15, 0.2) is 5.69 Å². The van der Waals surface area contributed by atoms with Gasteiger partial charge in [-0.25, -0.2) is 4.68 Å². The maximum absolute atomic E-state index is 13.9. The van der Waals surface area contributed by atoms with E-state index in [4.69, 9.17) is 0 Å². The largest absolute Gasteiger partial charge is 0.434 e. The Bertz CT molecular complexity index is 1080. The predicted octanol–water partition coefficient (Wildman–Crippen LogP) is 4.47. The van der Waals surface area contributed by atoms with Crippen LogP contribution in [0.15, 0.2) is 54.7 Å². The Morgan fingerprint density at radius 1 is 0.903 bits per heavy atom. The lowest BCUT2D eigenvalue weighted by atomic mass is 10.1. The number of rotatable bonds is 3. The molecular formula is C23H23F3N4O. The van der Waals surface area contributed by atoms with Crippen molar-refractivity contribution < 1.29 is 18.0 Å². The fourth-order valence-corrected chi connectivity index (χ4v) is 3.82. The number of nitrogens with zero attached hydrogens (tertiary/aromatic N) is 4. The highest BCUT2D eigenvalue weighted by Gasteiger charge is 2.41. The van der Waals surface area contributed by atoms with Gasteiger partial charge < -0.3 is 9.80 Å². The van der Waals surface area contributed by atoms with Crippen molar-refractivity contribution >= 4 is 11.6 Å². The van der Waals surface area contributed by atoms with E-state index in [1.54, 1.807) is 24.3 Å². The molecule has 0 N–H and O–H groups in total. The van der Waals surface area contributed by atoms with E-state index in [2.05, 4.69) is 16.1 Å². The third-order valence-electron chi connectivity index (χ3n) is 5.48. The van der Waals surface area contributed by atoms with Crippen molar-refractivity contribution in [3.05, 3.63) is 77.1 Å². The second-order valence-electron chi connectivity index (χ2n) is 7.77. The Morgan fingerprint density at radius 2 is 1.58 bits per heavy atom. The number of anilines is 1. The number of piperazine rings is 1. The Kier molecular flexibility index (Phi) is 5.47. The first-order valence-electron chi connectivity index (χ1n) is 10.1. The summed E-state index contributed by atoms with van der Waals surface area (Å²) in [6.45, 7) is 5.67. The molecule has 1 saturated heterocycles. The molecule has 0 unspecified atom stereocenters. The molecule has 0 radical (unpaired) electrons. The van der Waals surface area contributed by atoms with Gasteiger partial charge in [0.2, 0.25) is 0 Å². The minimum absolute atomic E-state index is 0.265. The number of hydrogen-bond donors (Lipinski definition) is 0. The van der Waals surface area contributed by atoms with Gasteiger partial charge >= 0.3 is 6.18 Å². The van der Waals surface area contributed by atoms with Crippen LogP contribution in [0.1, 0.15) is 27.2 Å². The molecule has 0 bridgehead atoms. The molecule has 1 aliphatic heterocycles. The normalized spacial score (nSPS) is 14.7. The Hall–Kier alpha value is -3.29. The summed E-state index contributed by atoms with van der Waals surface area (Å²) < 4.78 is 42.5. The van der Waals surface area contributed by atoms with Crippen molar-refractivity contribution in [2.75, 3.05) is 31.1 Å². The topological polar surface area (TPSA) is 41.4 Å². The Morgan fingerprint density at radius 3 is 2.19 bits per heavy atom. The van der Waals surface area contributed by atoms with Gasteiger partial charge in [0, 0.05) is 31.9 Å². The first kappa shape index (κ1) is 21.0. The molecule has 162 valence electrons. The second-order valence-corrected chi connectivity index (χ2v) is 7.77. The minimum Gasteiger partial charge on any atom is -0.368 e. The van der Waals surface area contributed by atoms with E-state index in [1.165, 1.54) is 4.90 Å². The third kappa shape index (κ3) is 4.28. The molecule has 0 atom stereocenters. The standard InChI is InChI=1S/C23H23F3N4O/c1-16-6-8-18(9-7-16)30-21(23(24,25)26)20(15-27-30)22(31)29-12-10-28(11-13-29)19-5-3-4-17(2)14-19/h3-9,14-15H,10-13H2,1-2H3. The number of aryl methyl sites for hydroxylation is 2. The monoisotopic (exact) mass is 428 g/mol. The van der Waals surface area contributed by atoms with Gasteiger partial charge in [-0.1, -0.05) is 29.8 Å². The van der Waals surface area contributed by atoms with Gasteiger partial charge in [0.25, 0.3) is 5.91 Å². The number of carbonyl (C=O) groups is 1. The lowest BCUT2D eigenvalue weighted by Crippen LogP contribution is -2.49. The van der Waals surface area contributed by atoms with E-state index in [0.717, 1.165) is 27.7 Å². The molecule has 0 saturated carbocycles. The van der Waals surface area contributed by atoms with E-state index >= 15 is 0 Å². The molecular weight excluding hydrogens is 405 g/mol. The zero-order valence-electron chi connectivity index (χ0n) is 17.4. The van der Waals surface area contributed by atoms with Crippen LogP contribution in [0, 0.1) is 13.8 Å². The molecule has 1 aliphatic rings. The molecule has 0 spiro atoms. The zero-order valence-corrected chi connectivity index (χ0v) is 17.4. The summed E-state index contributed by atoms with van der Waals surface area (Å²) >= 11 is 0. The maximum Gasteiger partial charge on any atom is 0.434 e.